The molecule has 0 radical (unpaired) electrons. The average Bonchev–Trinajstić information content (AvgIpc) is 3.28. The minimum absolute atomic E-state index is 0.221. The van der Waals surface area contributed by atoms with E-state index in [1.165, 1.54) is 6.07 Å². The van der Waals surface area contributed by atoms with Crippen LogP contribution in [-0.4, -0.2) is 28.5 Å². The molecule has 0 saturated carbocycles. The van der Waals surface area contributed by atoms with Crippen molar-refractivity contribution in [1.82, 2.24) is 5.32 Å². The number of thiophene rings is 1. The van der Waals surface area contributed by atoms with E-state index in [0.29, 0.717) is 22.7 Å². The van der Waals surface area contributed by atoms with Crippen LogP contribution in [0.25, 0.3) is 0 Å². The molecule has 0 fully saturated rings. The zero-order valence-corrected chi connectivity index (χ0v) is 17.5. The molecular weight excluding hydrogens is 412 g/mol. The van der Waals surface area contributed by atoms with Crippen LogP contribution in [0.3, 0.4) is 0 Å². The van der Waals surface area contributed by atoms with Crippen LogP contribution in [0.2, 0.25) is 0 Å². The summed E-state index contributed by atoms with van der Waals surface area (Å²) in [6, 6.07) is 14.8. The maximum Gasteiger partial charge on any atom is 0.271 e. The lowest BCUT2D eigenvalue weighted by Gasteiger charge is -2.14. The molecule has 7 nitrogen and oxygen atoms in total. The molecule has 3 rings (SSSR count). The molecule has 0 aliphatic rings. The second kappa shape index (κ2) is 8.97. The van der Waals surface area contributed by atoms with Gasteiger partial charge in [0.2, 0.25) is 0 Å². The highest BCUT2D eigenvalue weighted by Crippen LogP contribution is 2.28. The first-order valence-corrected chi connectivity index (χ1v) is 11.0. The van der Waals surface area contributed by atoms with Gasteiger partial charge in [0, 0.05) is 11.3 Å². The number of ether oxygens (including phenoxy) is 2. The highest BCUT2D eigenvalue weighted by molar-refractivity contribution is 7.94. The van der Waals surface area contributed by atoms with Gasteiger partial charge >= 0.3 is 0 Å². The Hall–Kier alpha value is -3.04. The lowest BCUT2D eigenvalue weighted by Crippen LogP contribution is -2.23. The summed E-state index contributed by atoms with van der Waals surface area (Å²) in [6.45, 7) is 0.221. The molecule has 29 heavy (non-hydrogen) atoms. The fraction of sp³-hybridized carbons (Fsp3) is 0.150. The summed E-state index contributed by atoms with van der Waals surface area (Å²) in [7, 11) is -0.521. The average molecular weight is 433 g/mol. The van der Waals surface area contributed by atoms with Gasteiger partial charge in [0.05, 0.1) is 26.3 Å². The molecule has 0 aliphatic heterocycles. The summed E-state index contributed by atoms with van der Waals surface area (Å²) in [5.74, 6) is 0.927. The molecule has 3 aromatic rings. The second-order valence-electron chi connectivity index (χ2n) is 5.94. The van der Waals surface area contributed by atoms with Crippen LogP contribution in [0, 0.1) is 0 Å². The molecule has 0 saturated heterocycles. The van der Waals surface area contributed by atoms with Crippen LogP contribution in [0.5, 0.6) is 11.5 Å². The van der Waals surface area contributed by atoms with E-state index in [1.807, 2.05) is 0 Å². The Balaban J connectivity index is 1.67. The van der Waals surface area contributed by atoms with E-state index in [-0.39, 0.29) is 16.7 Å². The SMILES string of the molecule is COc1cccc(OC)c1CNC(=O)c1ccc(NS(=O)(=O)c2cccs2)cc1. The van der Waals surface area contributed by atoms with Gasteiger partial charge in [-0.3, -0.25) is 9.52 Å². The number of amides is 1. The molecule has 9 heteroatoms. The Labute approximate surface area is 173 Å². The Morgan fingerprint density at radius 1 is 0.966 bits per heavy atom. The van der Waals surface area contributed by atoms with Gasteiger partial charge < -0.3 is 14.8 Å². The highest BCUT2D eigenvalue weighted by atomic mass is 32.2. The molecule has 1 amide bonds. The lowest BCUT2D eigenvalue weighted by atomic mass is 10.1. The maximum atomic E-state index is 12.5. The van der Waals surface area contributed by atoms with Gasteiger partial charge in [-0.05, 0) is 47.8 Å². The number of benzene rings is 2. The third-order valence-corrected chi connectivity index (χ3v) is 6.89. The van der Waals surface area contributed by atoms with Crippen molar-refractivity contribution >= 4 is 33.0 Å². The van der Waals surface area contributed by atoms with Gasteiger partial charge in [0.1, 0.15) is 15.7 Å². The minimum Gasteiger partial charge on any atom is -0.496 e. The standard InChI is InChI=1S/C20H20N2O5S2/c1-26-17-5-3-6-18(27-2)16(17)13-21-20(23)14-8-10-15(11-9-14)22-29(24,25)19-7-4-12-28-19/h3-12,22H,13H2,1-2H3,(H,21,23). The normalized spacial score (nSPS) is 11.0. The first-order valence-electron chi connectivity index (χ1n) is 8.59. The molecule has 0 aliphatic carbocycles. The Kier molecular flexibility index (Phi) is 6.40. The summed E-state index contributed by atoms with van der Waals surface area (Å²) in [5, 5.41) is 4.51. The van der Waals surface area contributed by atoms with Crippen LogP contribution in [-0.2, 0) is 16.6 Å². The first-order chi connectivity index (χ1) is 13.9. The van der Waals surface area contributed by atoms with Crippen molar-refractivity contribution in [3.8, 4) is 11.5 Å². The van der Waals surface area contributed by atoms with Gasteiger partial charge in [-0.15, -0.1) is 11.3 Å². The predicted octanol–water partition coefficient (Wildman–Crippen LogP) is 3.50. The van der Waals surface area contributed by atoms with E-state index in [1.54, 1.807) is 68.1 Å². The predicted molar refractivity (Wildman–Crippen MR) is 112 cm³/mol. The van der Waals surface area contributed by atoms with Crippen LogP contribution in [0.4, 0.5) is 5.69 Å². The van der Waals surface area contributed by atoms with Crippen molar-refractivity contribution in [3.63, 3.8) is 0 Å². The molecule has 2 aromatic carbocycles. The van der Waals surface area contributed by atoms with E-state index in [9.17, 15) is 13.2 Å². The molecular formula is C20H20N2O5S2. The number of sulfonamides is 1. The number of hydrogen-bond acceptors (Lipinski definition) is 6. The summed E-state index contributed by atoms with van der Waals surface area (Å²) in [4.78, 5) is 12.5. The monoisotopic (exact) mass is 432 g/mol. The minimum atomic E-state index is -3.62. The summed E-state index contributed by atoms with van der Waals surface area (Å²) in [6.07, 6.45) is 0. The summed E-state index contributed by atoms with van der Waals surface area (Å²) < 4.78 is 37.9. The van der Waals surface area contributed by atoms with E-state index in [4.69, 9.17) is 9.47 Å². The number of carbonyl (C=O) groups excluding carboxylic acids is 1. The topological polar surface area (TPSA) is 93.7 Å². The molecule has 1 aromatic heterocycles. The number of anilines is 1. The van der Waals surface area contributed by atoms with Gasteiger partial charge in [-0.1, -0.05) is 12.1 Å². The van der Waals surface area contributed by atoms with Crippen molar-refractivity contribution in [2.24, 2.45) is 0 Å². The van der Waals surface area contributed by atoms with Crippen molar-refractivity contribution in [3.05, 3.63) is 71.1 Å². The Morgan fingerprint density at radius 3 is 2.17 bits per heavy atom. The van der Waals surface area contributed by atoms with Crippen molar-refractivity contribution in [2.45, 2.75) is 10.8 Å². The van der Waals surface area contributed by atoms with E-state index < -0.39 is 10.0 Å². The molecule has 1 heterocycles. The van der Waals surface area contributed by atoms with Crippen LogP contribution in [0.15, 0.2) is 64.2 Å². The molecule has 2 N–H and O–H groups in total. The molecule has 152 valence electrons. The first kappa shape index (κ1) is 20.7. The molecule has 0 atom stereocenters. The molecule has 0 bridgehead atoms. The summed E-state index contributed by atoms with van der Waals surface area (Å²) >= 11 is 1.13. The third-order valence-electron chi connectivity index (χ3n) is 4.11. The Bertz CT molecular complexity index is 1060. The van der Waals surface area contributed by atoms with E-state index in [2.05, 4.69) is 10.0 Å². The van der Waals surface area contributed by atoms with Gasteiger partial charge in [0.25, 0.3) is 15.9 Å². The van der Waals surface area contributed by atoms with Crippen molar-refractivity contribution in [1.29, 1.82) is 0 Å². The van der Waals surface area contributed by atoms with E-state index >= 15 is 0 Å². The highest BCUT2D eigenvalue weighted by Gasteiger charge is 2.16. The zero-order valence-electron chi connectivity index (χ0n) is 15.8. The Morgan fingerprint density at radius 2 is 1.62 bits per heavy atom. The quantitative estimate of drug-likeness (QED) is 0.568. The third kappa shape index (κ3) is 4.87. The van der Waals surface area contributed by atoms with Crippen LogP contribution < -0.4 is 19.5 Å². The second-order valence-corrected chi connectivity index (χ2v) is 8.80. The van der Waals surface area contributed by atoms with Crippen LogP contribution >= 0.6 is 11.3 Å². The van der Waals surface area contributed by atoms with Crippen molar-refractivity contribution in [2.75, 3.05) is 18.9 Å². The number of hydrogen-bond donors (Lipinski definition) is 2. The van der Waals surface area contributed by atoms with Gasteiger partial charge in [0.15, 0.2) is 0 Å². The zero-order chi connectivity index (χ0) is 20.9. The fourth-order valence-corrected chi connectivity index (χ4v) is 4.74. The van der Waals surface area contributed by atoms with Crippen LogP contribution in [0.1, 0.15) is 15.9 Å². The maximum absolute atomic E-state index is 12.5. The number of nitrogens with one attached hydrogen (secondary N) is 2. The lowest BCUT2D eigenvalue weighted by molar-refractivity contribution is 0.0950. The largest absolute Gasteiger partial charge is 0.496 e. The van der Waals surface area contributed by atoms with Gasteiger partial charge in [-0.25, -0.2) is 8.42 Å². The molecule has 0 unspecified atom stereocenters. The van der Waals surface area contributed by atoms with E-state index in [0.717, 1.165) is 16.9 Å². The summed E-state index contributed by atoms with van der Waals surface area (Å²) in [5.41, 5.74) is 1.51. The van der Waals surface area contributed by atoms with Gasteiger partial charge in [-0.2, -0.15) is 0 Å². The fourth-order valence-electron chi connectivity index (χ4n) is 2.68. The molecule has 0 spiro atoms. The number of rotatable bonds is 8. The number of carbonyl (C=O) groups is 1. The number of methoxy groups -OCH3 is 2. The van der Waals surface area contributed by atoms with Crippen molar-refractivity contribution < 1.29 is 22.7 Å². The smallest absolute Gasteiger partial charge is 0.271 e.